The zero-order valence-electron chi connectivity index (χ0n) is 13.1. The molecule has 0 aromatic carbocycles. The maximum atomic E-state index is 12.5. The highest BCUT2D eigenvalue weighted by atomic mass is 16.5. The summed E-state index contributed by atoms with van der Waals surface area (Å²) < 4.78 is 4.81. The van der Waals surface area contributed by atoms with E-state index < -0.39 is 29.7 Å². The van der Waals surface area contributed by atoms with Crippen molar-refractivity contribution in [2.75, 3.05) is 20.2 Å². The summed E-state index contributed by atoms with van der Waals surface area (Å²) in [6, 6.07) is -0.856. The van der Waals surface area contributed by atoms with Crippen molar-refractivity contribution in [3.05, 3.63) is 24.0 Å². The van der Waals surface area contributed by atoms with Crippen molar-refractivity contribution >= 4 is 23.7 Å². The molecule has 0 saturated carbocycles. The Hall–Kier alpha value is -2.64. The van der Waals surface area contributed by atoms with Crippen molar-refractivity contribution < 1.29 is 23.9 Å². The Balaban J connectivity index is 2.09. The molecule has 124 valence electrons. The lowest BCUT2D eigenvalue weighted by Crippen LogP contribution is -2.52. The van der Waals surface area contributed by atoms with Crippen LogP contribution in [0.4, 0.5) is 0 Å². The average Bonchev–Trinajstić information content (AvgIpc) is 2.75. The predicted molar refractivity (Wildman–Crippen MR) is 79.5 cm³/mol. The summed E-state index contributed by atoms with van der Waals surface area (Å²) in [6.45, 7) is 5.42. The molecule has 8 nitrogen and oxygen atoms in total. The first kappa shape index (κ1) is 16.7. The van der Waals surface area contributed by atoms with Crippen LogP contribution in [-0.2, 0) is 23.9 Å². The topological polar surface area (TPSA) is 96.0 Å². The molecule has 0 bridgehead atoms. The molecule has 1 atom stereocenters. The molecule has 0 aromatic rings. The van der Waals surface area contributed by atoms with Crippen LogP contribution < -0.4 is 5.32 Å². The highest BCUT2D eigenvalue weighted by molar-refractivity contribution is 6.18. The number of carbonyl (C=O) groups is 4. The molecule has 1 saturated heterocycles. The average molecular weight is 321 g/mol. The summed E-state index contributed by atoms with van der Waals surface area (Å²) in [5.41, 5.74) is 0.637. The third kappa shape index (κ3) is 3.41. The monoisotopic (exact) mass is 321 g/mol. The highest BCUT2D eigenvalue weighted by Crippen LogP contribution is 2.24. The lowest BCUT2D eigenvalue weighted by molar-refractivity contribution is -0.147. The molecule has 2 aliphatic heterocycles. The van der Waals surface area contributed by atoms with Crippen LogP contribution in [0, 0.1) is 0 Å². The molecular weight excluding hydrogens is 302 g/mol. The number of ether oxygens (including phenoxy) is 1. The quantitative estimate of drug-likeness (QED) is 0.543. The molecule has 1 unspecified atom stereocenters. The Bertz CT molecular complexity index is 610. The number of likely N-dealkylation sites (N-methyl/N-ethyl adjacent to an activating group) is 1. The number of hydrogen-bond acceptors (Lipinski definition) is 6. The molecule has 2 rings (SSSR count). The molecule has 0 spiro atoms. The third-order valence-corrected chi connectivity index (χ3v) is 3.65. The standard InChI is InChI=1S/C15H19N3O5/c1-4-23-13(20)8-17(3)11-7-12(19)18(15(11)22)10-6-5-9(2)16-14(10)21/h7,10H,2,4-6,8H2,1,3H3,(H,16,21). The number of carbonyl (C=O) groups excluding carboxylic acids is 4. The van der Waals surface area contributed by atoms with Gasteiger partial charge in [0.15, 0.2) is 0 Å². The predicted octanol–water partition coefficient (Wildman–Crippen LogP) is -0.474. The minimum atomic E-state index is -0.856. The second kappa shape index (κ2) is 6.64. The number of amides is 3. The van der Waals surface area contributed by atoms with Gasteiger partial charge in [0.25, 0.3) is 11.8 Å². The lowest BCUT2D eigenvalue weighted by atomic mass is 10.0. The molecule has 1 fully saturated rings. The molecule has 23 heavy (non-hydrogen) atoms. The van der Waals surface area contributed by atoms with Gasteiger partial charge >= 0.3 is 5.97 Å². The van der Waals surface area contributed by atoms with Gasteiger partial charge in [-0.15, -0.1) is 0 Å². The fourth-order valence-electron chi connectivity index (χ4n) is 2.53. The Morgan fingerprint density at radius 3 is 2.78 bits per heavy atom. The second-order valence-corrected chi connectivity index (χ2v) is 5.35. The van der Waals surface area contributed by atoms with E-state index in [9.17, 15) is 19.2 Å². The van der Waals surface area contributed by atoms with Crippen molar-refractivity contribution in [2.45, 2.75) is 25.8 Å². The molecule has 1 N–H and O–H groups in total. The largest absolute Gasteiger partial charge is 0.465 e. The smallest absolute Gasteiger partial charge is 0.325 e. The van der Waals surface area contributed by atoms with Gasteiger partial charge in [0.05, 0.1) is 6.61 Å². The van der Waals surface area contributed by atoms with E-state index >= 15 is 0 Å². The van der Waals surface area contributed by atoms with Gasteiger partial charge < -0.3 is 15.0 Å². The summed E-state index contributed by atoms with van der Waals surface area (Å²) in [7, 11) is 1.51. The number of rotatable bonds is 5. The Labute approximate surface area is 133 Å². The minimum absolute atomic E-state index is 0.0697. The lowest BCUT2D eigenvalue weighted by Gasteiger charge is -2.30. The van der Waals surface area contributed by atoms with Crippen LogP contribution in [-0.4, -0.2) is 59.7 Å². The fraction of sp³-hybridized carbons (Fsp3) is 0.467. The van der Waals surface area contributed by atoms with Gasteiger partial charge in [0, 0.05) is 18.8 Å². The number of esters is 1. The van der Waals surface area contributed by atoms with E-state index in [1.54, 1.807) is 6.92 Å². The van der Waals surface area contributed by atoms with Crippen LogP contribution >= 0.6 is 0 Å². The van der Waals surface area contributed by atoms with Gasteiger partial charge in [-0.25, -0.2) is 0 Å². The number of hydrogen-bond donors (Lipinski definition) is 1. The number of piperidine rings is 1. The summed E-state index contributed by atoms with van der Waals surface area (Å²) in [5.74, 6) is -2.07. The highest BCUT2D eigenvalue weighted by Gasteiger charge is 2.42. The number of nitrogens with zero attached hydrogens (tertiary/aromatic N) is 2. The van der Waals surface area contributed by atoms with E-state index in [0.717, 1.165) is 11.0 Å². The van der Waals surface area contributed by atoms with Crippen molar-refractivity contribution in [3.8, 4) is 0 Å². The van der Waals surface area contributed by atoms with E-state index in [1.807, 2.05) is 0 Å². The van der Waals surface area contributed by atoms with Gasteiger partial charge in [-0.1, -0.05) is 6.58 Å². The van der Waals surface area contributed by atoms with Gasteiger partial charge in [0.1, 0.15) is 18.3 Å². The van der Waals surface area contributed by atoms with Crippen LogP contribution in [0.2, 0.25) is 0 Å². The first-order valence-corrected chi connectivity index (χ1v) is 7.29. The van der Waals surface area contributed by atoms with E-state index in [4.69, 9.17) is 4.74 Å². The first-order chi connectivity index (χ1) is 10.8. The van der Waals surface area contributed by atoms with Gasteiger partial charge in [0.2, 0.25) is 5.91 Å². The van der Waals surface area contributed by atoms with Crippen LogP contribution in [0.1, 0.15) is 19.8 Å². The maximum Gasteiger partial charge on any atom is 0.325 e. The Morgan fingerprint density at radius 1 is 1.48 bits per heavy atom. The second-order valence-electron chi connectivity index (χ2n) is 5.35. The number of allylic oxidation sites excluding steroid dienone is 1. The van der Waals surface area contributed by atoms with E-state index in [1.165, 1.54) is 11.9 Å². The third-order valence-electron chi connectivity index (χ3n) is 3.65. The molecule has 0 aliphatic carbocycles. The zero-order chi connectivity index (χ0) is 17.1. The normalized spacial score (nSPS) is 21.2. The maximum absolute atomic E-state index is 12.5. The van der Waals surface area contributed by atoms with Gasteiger partial charge in [-0.2, -0.15) is 0 Å². The summed E-state index contributed by atoms with van der Waals surface area (Å²) in [5, 5.41) is 2.55. The van der Waals surface area contributed by atoms with Crippen molar-refractivity contribution in [1.29, 1.82) is 0 Å². The van der Waals surface area contributed by atoms with Gasteiger partial charge in [-0.05, 0) is 19.8 Å². The molecule has 2 heterocycles. The Kier molecular flexibility index (Phi) is 4.83. The first-order valence-electron chi connectivity index (χ1n) is 7.29. The molecular formula is C15H19N3O5. The summed E-state index contributed by atoms with van der Waals surface area (Å²) in [6.07, 6.45) is 1.98. The van der Waals surface area contributed by atoms with Crippen LogP contribution in [0.3, 0.4) is 0 Å². The molecule has 3 amide bonds. The summed E-state index contributed by atoms with van der Waals surface area (Å²) in [4.78, 5) is 50.3. The summed E-state index contributed by atoms with van der Waals surface area (Å²) >= 11 is 0. The van der Waals surface area contributed by atoms with Crippen LogP contribution in [0.25, 0.3) is 0 Å². The van der Waals surface area contributed by atoms with E-state index in [2.05, 4.69) is 11.9 Å². The fourth-order valence-corrected chi connectivity index (χ4v) is 2.53. The Morgan fingerprint density at radius 2 is 2.17 bits per heavy atom. The van der Waals surface area contributed by atoms with Crippen LogP contribution in [0.5, 0.6) is 0 Å². The number of imide groups is 1. The SMILES string of the molecule is C=C1CCC(N2C(=O)C=C(N(C)CC(=O)OCC)C2=O)C(=O)N1. The van der Waals surface area contributed by atoms with Crippen molar-refractivity contribution in [3.63, 3.8) is 0 Å². The molecule has 2 aliphatic rings. The van der Waals surface area contributed by atoms with Crippen molar-refractivity contribution in [1.82, 2.24) is 15.1 Å². The van der Waals surface area contributed by atoms with Gasteiger partial charge in [-0.3, -0.25) is 24.1 Å². The van der Waals surface area contributed by atoms with E-state index in [0.29, 0.717) is 18.5 Å². The number of nitrogens with one attached hydrogen (secondary N) is 1. The minimum Gasteiger partial charge on any atom is -0.465 e. The zero-order valence-corrected chi connectivity index (χ0v) is 13.1. The molecule has 8 heteroatoms. The van der Waals surface area contributed by atoms with Crippen LogP contribution in [0.15, 0.2) is 24.0 Å². The molecule has 0 aromatic heterocycles. The van der Waals surface area contributed by atoms with E-state index in [-0.39, 0.29) is 18.8 Å². The molecule has 0 radical (unpaired) electrons. The van der Waals surface area contributed by atoms with Crippen molar-refractivity contribution in [2.24, 2.45) is 0 Å².